The van der Waals surface area contributed by atoms with Crippen molar-refractivity contribution in [2.75, 3.05) is 27.7 Å². The van der Waals surface area contributed by atoms with Gasteiger partial charge in [-0.05, 0) is 12.3 Å². The maximum absolute atomic E-state index is 12.2. The molecule has 0 radical (unpaired) electrons. The molecule has 0 aromatic carbocycles. The van der Waals surface area contributed by atoms with Gasteiger partial charge in [0.25, 0.3) is 0 Å². The minimum atomic E-state index is -1.17. The van der Waals surface area contributed by atoms with Crippen LogP contribution in [0.2, 0.25) is 0 Å². The Bertz CT molecular complexity index is 543. The van der Waals surface area contributed by atoms with Gasteiger partial charge in [-0.25, -0.2) is 0 Å². The summed E-state index contributed by atoms with van der Waals surface area (Å²) in [5.41, 5.74) is 0. The highest BCUT2D eigenvalue weighted by atomic mass is 16.5. The van der Waals surface area contributed by atoms with E-state index in [9.17, 15) is 14.7 Å². The zero-order chi connectivity index (χ0) is 27.8. The zero-order valence-electron chi connectivity index (χ0n) is 25.5. The van der Waals surface area contributed by atoms with E-state index in [-0.39, 0.29) is 12.4 Å². The first-order valence-corrected chi connectivity index (χ1v) is 15.8. The fourth-order valence-corrected chi connectivity index (χ4v) is 5.09. The highest BCUT2D eigenvalue weighted by molar-refractivity contribution is 5.70. The summed E-state index contributed by atoms with van der Waals surface area (Å²) >= 11 is 0. The van der Waals surface area contributed by atoms with Gasteiger partial charge >= 0.3 is 5.97 Å². The number of rotatable bonds is 27. The molecule has 0 aliphatic carbocycles. The molecule has 0 bridgehead atoms. The standard InChI is InChI=1S/C32H63NO4/c1-6-7-8-9-10-11-12-13-14-15-16-17-18-19-20-21-22-23-24-29(2)25-26-32(36)37-30(27-31(34)35)28-33(3,4)5/h29-30H,6-28H2,1-5H3. The molecule has 0 aromatic rings. The average molecular weight is 526 g/mol. The molecular weight excluding hydrogens is 462 g/mol. The first-order valence-electron chi connectivity index (χ1n) is 15.8. The lowest BCUT2D eigenvalue weighted by molar-refractivity contribution is -0.873. The van der Waals surface area contributed by atoms with Crippen LogP contribution >= 0.6 is 0 Å². The van der Waals surface area contributed by atoms with Gasteiger partial charge in [0, 0.05) is 18.8 Å². The quantitative estimate of drug-likeness (QED) is 0.0629. The minimum absolute atomic E-state index is 0.240. The smallest absolute Gasteiger partial charge is 0.306 e. The maximum atomic E-state index is 12.2. The van der Waals surface area contributed by atoms with Gasteiger partial charge in [0.1, 0.15) is 6.54 Å². The van der Waals surface area contributed by atoms with Crippen LogP contribution in [0, 0.1) is 5.92 Å². The molecule has 0 aliphatic heterocycles. The van der Waals surface area contributed by atoms with E-state index in [1.165, 1.54) is 116 Å². The molecule has 0 aromatic heterocycles. The second-order valence-electron chi connectivity index (χ2n) is 12.6. The number of carboxylic acids is 1. The minimum Gasteiger partial charge on any atom is -0.550 e. The normalized spacial score (nSPS) is 13.4. The third-order valence-corrected chi connectivity index (χ3v) is 7.34. The fourth-order valence-electron chi connectivity index (χ4n) is 5.09. The summed E-state index contributed by atoms with van der Waals surface area (Å²) in [4.78, 5) is 23.2. The summed E-state index contributed by atoms with van der Waals surface area (Å²) in [6.45, 7) is 4.95. The lowest BCUT2D eigenvalue weighted by Gasteiger charge is -2.29. The molecule has 2 unspecified atom stereocenters. The molecule has 0 saturated heterocycles. The van der Waals surface area contributed by atoms with Crippen molar-refractivity contribution in [3.05, 3.63) is 0 Å². The summed E-state index contributed by atoms with van der Waals surface area (Å²) in [5, 5.41) is 11.0. The number of likely N-dealkylation sites (N-methyl/N-ethyl adjacent to an activating group) is 1. The summed E-state index contributed by atoms with van der Waals surface area (Å²) in [6.07, 6.45) is 26.5. The van der Waals surface area contributed by atoms with Gasteiger partial charge in [-0.1, -0.05) is 136 Å². The number of unbranched alkanes of at least 4 members (excludes halogenated alkanes) is 17. The highest BCUT2D eigenvalue weighted by Gasteiger charge is 2.22. The van der Waals surface area contributed by atoms with Crippen molar-refractivity contribution in [2.45, 2.75) is 161 Å². The number of ether oxygens (including phenoxy) is 1. The molecule has 0 rings (SSSR count). The first kappa shape index (κ1) is 35.9. The molecule has 0 fully saturated rings. The van der Waals surface area contributed by atoms with Crippen LogP contribution in [-0.4, -0.2) is 50.2 Å². The third-order valence-electron chi connectivity index (χ3n) is 7.34. The maximum Gasteiger partial charge on any atom is 0.306 e. The van der Waals surface area contributed by atoms with Crippen molar-refractivity contribution in [2.24, 2.45) is 5.92 Å². The molecule has 0 saturated carbocycles. The number of carbonyl (C=O) groups is 2. The van der Waals surface area contributed by atoms with Crippen LogP contribution in [0.4, 0.5) is 0 Å². The number of carboxylic acid groups (broad SMARTS) is 1. The van der Waals surface area contributed by atoms with Gasteiger partial charge in [-0.2, -0.15) is 0 Å². The molecule has 5 heteroatoms. The largest absolute Gasteiger partial charge is 0.550 e. The molecule has 0 aliphatic rings. The van der Waals surface area contributed by atoms with Crippen molar-refractivity contribution in [1.29, 1.82) is 0 Å². The van der Waals surface area contributed by atoms with Gasteiger partial charge in [0.15, 0.2) is 6.10 Å². The Morgan fingerprint density at radius 2 is 1.08 bits per heavy atom. The van der Waals surface area contributed by atoms with Crippen LogP contribution in [0.25, 0.3) is 0 Å². The van der Waals surface area contributed by atoms with E-state index in [0.29, 0.717) is 23.4 Å². The van der Waals surface area contributed by atoms with Crippen molar-refractivity contribution < 1.29 is 23.9 Å². The molecule has 0 heterocycles. The summed E-state index contributed by atoms with van der Waals surface area (Å²) in [6, 6.07) is 0. The molecule has 0 spiro atoms. The number of esters is 1. The van der Waals surface area contributed by atoms with E-state index >= 15 is 0 Å². The number of aliphatic carboxylic acids is 1. The molecule has 5 nitrogen and oxygen atoms in total. The molecule has 0 amide bonds. The van der Waals surface area contributed by atoms with E-state index < -0.39 is 12.1 Å². The van der Waals surface area contributed by atoms with Gasteiger partial charge in [0.2, 0.25) is 0 Å². The number of hydrogen-bond acceptors (Lipinski definition) is 4. The molecule has 2 atom stereocenters. The Labute approximate surface area is 230 Å². The van der Waals surface area contributed by atoms with Crippen molar-refractivity contribution in [1.82, 2.24) is 0 Å². The summed E-state index contributed by atoms with van der Waals surface area (Å²) < 4.78 is 6.00. The van der Waals surface area contributed by atoms with Gasteiger partial charge < -0.3 is 19.1 Å². The Balaban J connectivity index is 3.55. The molecular formula is C32H63NO4. The Hall–Kier alpha value is -1.10. The highest BCUT2D eigenvalue weighted by Crippen LogP contribution is 2.18. The third kappa shape index (κ3) is 27.7. The lowest BCUT2D eigenvalue weighted by atomic mass is 9.97. The van der Waals surface area contributed by atoms with Gasteiger partial charge in [-0.15, -0.1) is 0 Å². The second kappa shape index (κ2) is 24.0. The van der Waals surface area contributed by atoms with E-state index in [2.05, 4.69) is 13.8 Å². The predicted molar refractivity (Wildman–Crippen MR) is 154 cm³/mol. The first-order chi connectivity index (χ1) is 17.6. The number of quaternary nitrogens is 1. The number of hydrogen-bond donors (Lipinski definition) is 0. The topological polar surface area (TPSA) is 66.4 Å². The van der Waals surface area contributed by atoms with E-state index in [1.807, 2.05) is 21.1 Å². The van der Waals surface area contributed by atoms with E-state index in [0.717, 1.165) is 12.8 Å². The van der Waals surface area contributed by atoms with Crippen molar-refractivity contribution in [3.8, 4) is 0 Å². The SMILES string of the molecule is CCCCCCCCCCCCCCCCCCCCC(C)CCC(=O)OC(CC(=O)[O-])C[N+](C)(C)C. The average Bonchev–Trinajstić information content (AvgIpc) is 2.80. The van der Waals surface area contributed by atoms with Crippen LogP contribution in [0.3, 0.4) is 0 Å². The number of carbonyl (C=O) groups excluding carboxylic acids is 2. The van der Waals surface area contributed by atoms with Crippen LogP contribution in [-0.2, 0) is 14.3 Å². The van der Waals surface area contributed by atoms with Crippen LogP contribution in [0.15, 0.2) is 0 Å². The summed E-state index contributed by atoms with van der Waals surface area (Å²) in [5.74, 6) is -0.968. The van der Waals surface area contributed by atoms with Gasteiger partial charge in [-0.3, -0.25) is 4.79 Å². The number of nitrogens with zero attached hydrogens (tertiary/aromatic N) is 1. The molecule has 37 heavy (non-hydrogen) atoms. The Morgan fingerprint density at radius 3 is 1.46 bits per heavy atom. The van der Waals surface area contributed by atoms with Gasteiger partial charge in [0.05, 0.1) is 21.1 Å². The zero-order valence-corrected chi connectivity index (χ0v) is 25.5. The monoisotopic (exact) mass is 525 g/mol. The van der Waals surface area contributed by atoms with E-state index in [4.69, 9.17) is 4.74 Å². The summed E-state index contributed by atoms with van der Waals surface area (Å²) in [7, 11) is 5.87. The predicted octanol–water partition coefficient (Wildman–Crippen LogP) is 7.59. The van der Waals surface area contributed by atoms with Crippen LogP contribution in [0.5, 0.6) is 0 Å². The van der Waals surface area contributed by atoms with Crippen molar-refractivity contribution >= 4 is 11.9 Å². The Kier molecular flexibility index (Phi) is 23.3. The van der Waals surface area contributed by atoms with Crippen LogP contribution < -0.4 is 5.11 Å². The second-order valence-corrected chi connectivity index (χ2v) is 12.6. The molecule has 0 N–H and O–H groups in total. The lowest BCUT2D eigenvalue weighted by Crippen LogP contribution is -2.45. The van der Waals surface area contributed by atoms with E-state index in [1.54, 1.807) is 0 Å². The fraction of sp³-hybridized carbons (Fsp3) is 0.938. The van der Waals surface area contributed by atoms with Crippen molar-refractivity contribution in [3.63, 3.8) is 0 Å². The van der Waals surface area contributed by atoms with Crippen LogP contribution in [0.1, 0.15) is 155 Å². The molecule has 220 valence electrons. The Morgan fingerprint density at radius 1 is 0.676 bits per heavy atom.